The number of amides is 2. The molecule has 0 radical (unpaired) electrons. The third-order valence-electron chi connectivity index (χ3n) is 3.30. The van der Waals surface area contributed by atoms with Crippen molar-refractivity contribution in [1.29, 1.82) is 0 Å². The summed E-state index contributed by atoms with van der Waals surface area (Å²) in [6.45, 7) is 5.95. The van der Waals surface area contributed by atoms with E-state index in [1.807, 2.05) is 26.0 Å². The van der Waals surface area contributed by atoms with Crippen molar-refractivity contribution in [3.05, 3.63) is 46.7 Å². The summed E-state index contributed by atoms with van der Waals surface area (Å²) in [5, 5.41) is 8.99. The predicted octanol–water partition coefficient (Wildman–Crippen LogP) is 2.36. The van der Waals surface area contributed by atoms with Gasteiger partial charge in [0.05, 0.1) is 0 Å². The van der Waals surface area contributed by atoms with Crippen LogP contribution >= 0.6 is 0 Å². The molecule has 2 amide bonds. The van der Waals surface area contributed by atoms with Crippen LogP contribution in [0.15, 0.2) is 28.8 Å². The van der Waals surface area contributed by atoms with Gasteiger partial charge in [-0.25, -0.2) is 0 Å². The first-order chi connectivity index (χ1) is 10.5. The van der Waals surface area contributed by atoms with Crippen LogP contribution in [-0.4, -0.2) is 23.5 Å². The normalized spacial score (nSPS) is 10.3. The number of hydrogen-bond donors (Lipinski definition) is 2. The molecule has 22 heavy (non-hydrogen) atoms. The Morgan fingerprint density at radius 2 is 1.91 bits per heavy atom. The van der Waals surface area contributed by atoms with Crippen LogP contribution in [0, 0.1) is 20.8 Å². The minimum absolute atomic E-state index is 0.169. The number of anilines is 1. The average Bonchev–Trinajstić information content (AvgIpc) is 2.86. The van der Waals surface area contributed by atoms with Gasteiger partial charge in [-0.1, -0.05) is 11.2 Å². The summed E-state index contributed by atoms with van der Waals surface area (Å²) in [6.07, 6.45) is 0.169. The van der Waals surface area contributed by atoms with E-state index in [0.29, 0.717) is 17.1 Å². The fraction of sp³-hybridized carbons (Fsp3) is 0.312. The summed E-state index contributed by atoms with van der Waals surface area (Å²) >= 11 is 0. The van der Waals surface area contributed by atoms with Crippen molar-refractivity contribution >= 4 is 17.6 Å². The molecule has 1 aromatic heterocycles. The van der Waals surface area contributed by atoms with E-state index < -0.39 is 0 Å². The van der Waals surface area contributed by atoms with Gasteiger partial charge in [-0.05, 0) is 44.0 Å². The Bertz CT molecular complexity index is 692. The molecule has 0 bridgehead atoms. The minimum Gasteiger partial charge on any atom is -0.360 e. The zero-order chi connectivity index (χ0) is 16.1. The van der Waals surface area contributed by atoms with E-state index in [-0.39, 0.29) is 24.8 Å². The third kappa shape index (κ3) is 4.18. The monoisotopic (exact) mass is 301 g/mol. The molecule has 2 N–H and O–H groups in total. The number of nitrogens with one attached hydrogen (secondary N) is 2. The molecule has 6 heteroatoms. The molecule has 2 rings (SSSR count). The lowest BCUT2D eigenvalue weighted by Gasteiger charge is -2.07. The van der Waals surface area contributed by atoms with Crippen LogP contribution in [0.5, 0.6) is 0 Å². The van der Waals surface area contributed by atoms with E-state index in [1.165, 1.54) is 0 Å². The van der Waals surface area contributed by atoms with Gasteiger partial charge in [0.15, 0.2) is 5.82 Å². The Hall–Kier alpha value is -2.63. The molecule has 0 saturated carbocycles. The Balaban J connectivity index is 1.79. The summed E-state index contributed by atoms with van der Waals surface area (Å²) in [5.74, 6) is 0.586. The lowest BCUT2D eigenvalue weighted by Crippen LogP contribution is -2.27. The second-order valence-electron chi connectivity index (χ2n) is 5.18. The van der Waals surface area contributed by atoms with Crippen molar-refractivity contribution in [2.45, 2.75) is 27.2 Å². The summed E-state index contributed by atoms with van der Waals surface area (Å²) in [7, 11) is 0. The number of benzene rings is 1. The van der Waals surface area contributed by atoms with E-state index in [1.54, 1.807) is 19.1 Å². The third-order valence-corrected chi connectivity index (χ3v) is 3.30. The standard InChI is InChI=1S/C16H19N3O3/c1-10-4-5-13(8-11(10)2)16(21)17-7-6-15(20)18-14-9-12(3)22-19-14/h4-5,8-9H,6-7H2,1-3H3,(H,17,21)(H,18,19,20). The van der Waals surface area contributed by atoms with Crippen LogP contribution in [0.4, 0.5) is 5.82 Å². The number of carbonyl (C=O) groups excluding carboxylic acids is 2. The number of aromatic nitrogens is 1. The predicted molar refractivity (Wildman–Crippen MR) is 82.7 cm³/mol. The van der Waals surface area contributed by atoms with Crippen molar-refractivity contribution in [1.82, 2.24) is 10.5 Å². The SMILES string of the molecule is Cc1cc(NC(=O)CCNC(=O)c2ccc(C)c(C)c2)no1. The van der Waals surface area contributed by atoms with Gasteiger partial charge in [0.1, 0.15) is 5.76 Å². The Labute approximate surface area is 128 Å². The van der Waals surface area contributed by atoms with Crippen LogP contribution < -0.4 is 10.6 Å². The number of rotatable bonds is 5. The average molecular weight is 301 g/mol. The highest BCUT2D eigenvalue weighted by atomic mass is 16.5. The molecule has 0 unspecified atom stereocenters. The molecule has 0 fully saturated rings. The van der Waals surface area contributed by atoms with Crippen molar-refractivity contribution < 1.29 is 14.1 Å². The second-order valence-corrected chi connectivity index (χ2v) is 5.18. The van der Waals surface area contributed by atoms with Gasteiger partial charge >= 0.3 is 0 Å². The molecule has 116 valence electrons. The summed E-state index contributed by atoms with van der Waals surface area (Å²) in [4.78, 5) is 23.7. The fourth-order valence-corrected chi connectivity index (χ4v) is 1.90. The lowest BCUT2D eigenvalue weighted by atomic mass is 10.1. The molecule has 0 spiro atoms. The van der Waals surface area contributed by atoms with E-state index in [4.69, 9.17) is 4.52 Å². The highest BCUT2D eigenvalue weighted by molar-refractivity contribution is 5.95. The Kier molecular flexibility index (Phi) is 4.93. The smallest absolute Gasteiger partial charge is 0.251 e. The maximum absolute atomic E-state index is 12.0. The van der Waals surface area contributed by atoms with Gasteiger partial charge in [0, 0.05) is 24.6 Å². The van der Waals surface area contributed by atoms with Gasteiger partial charge < -0.3 is 15.2 Å². The van der Waals surface area contributed by atoms with Crippen LogP contribution in [-0.2, 0) is 4.79 Å². The highest BCUT2D eigenvalue weighted by Crippen LogP contribution is 2.10. The van der Waals surface area contributed by atoms with Crippen molar-refractivity contribution in [3.8, 4) is 0 Å². The Morgan fingerprint density at radius 1 is 1.14 bits per heavy atom. The van der Waals surface area contributed by atoms with Crippen LogP contribution in [0.2, 0.25) is 0 Å². The molecule has 1 aromatic carbocycles. The van der Waals surface area contributed by atoms with Crippen molar-refractivity contribution in [3.63, 3.8) is 0 Å². The highest BCUT2D eigenvalue weighted by Gasteiger charge is 2.09. The van der Waals surface area contributed by atoms with Crippen LogP contribution in [0.1, 0.15) is 33.7 Å². The molecule has 0 atom stereocenters. The summed E-state index contributed by atoms with van der Waals surface area (Å²) in [6, 6.07) is 7.15. The van der Waals surface area contributed by atoms with Gasteiger partial charge in [0.25, 0.3) is 5.91 Å². The molecule has 0 saturated heterocycles. The first-order valence-electron chi connectivity index (χ1n) is 7.04. The van der Waals surface area contributed by atoms with Gasteiger partial charge in [-0.2, -0.15) is 0 Å². The van der Waals surface area contributed by atoms with E-state index in [2.05, 4.69) is 15.8 Å². The van der Waals surface area contributed by atoms with Crippen LogP contribution in [0.25, 0.3) is 0 Å². The van der Waals surface area contributed by atoms with E-state index in [9.17, 15) is 9.59 Å². The molecule has 0 aliphatic rings. The topological polar surface area (TPSA) is 84.2 Å². The lowest BCUT2D eigenvalue weighted by molar-refractivity contribution is -0.116. The first kappa shape index (κ1) is 15.8. The van der Waals surface area contributed by atoms with Crippen molar-refractivity contribution in [2.24, 2.45) is 0 Å². The number of aryl methyl sites for hydroxylation is 3. The summed E-state index contributed by atoms with van der Waals surface area (Å²) < 4.78 is 4.85. The maximum Gasteiger partial charge on any atom is 0.251 e. The zero-order valence-corrected chi connectivity index (χ0v) is 12.9. The number of hydrogen-bond acceptors (Lipinski definition) is 4. The fourth-order valence-electron chi connectivity index (χ4n) is 1.90. The van der Waals surface area contributed by atoms with E-state index >= 15 is 0 Å². The molecular formula is C16H19N3O3. The molecular weight excluding hydrogens is 282 g/mol. The maximum atomic E-state index is 12.0. The van der Waals surface area contributed by atoms with Crippen LogP contribution in [0.3, 0.4) is 0 Å². The van der Waals surface area contributed by atoms with Gasteiger partial charge in [-0.3, -0.25) is 9.59 Å². The number of nitrogens with zero attached hydrogens (tertiary/aromatic N) is 1. The van der Waals surface area contributed by atoms with Crippen molar-refractivity contribution in [2.75, 3.05) is 11.9 Å². The minimum atomic E-state index is -0.228. The molecule has 0 aliphatic carbocycles. The quantitative estimate of drug-likeness (QED) is 0.888. The molecule has 2 aromatic rings. The zero-order valence-electron chi connectivity index (χ0n) is 12.9. The Morgan fingerprint density at radius 3 is 2.55 bits per heavy atom. The number of carbonyl (C=O) groups is 2. The first-order valence-corrected chi connectivity index (χ1v) is 7.04. The summed E-state index contributed by atoms with van der Waals surface area (Å²) in [5.41, 5.74) is 2.79. The molecule has 0 aliphatic heterocycles. The van der Waals surface area contributed by atoms with Gasteiger partial charge in [-0.15, -0.1) is 0 Å². The molecule has 1 heterocycles. The van der Waals surface area contributed by atoms with E-state index in [0.717, 1.165) is 11.1 Å². The largest absolute Gasteiger partial charge is 0.360 e. The van der Waals surface area contributed by atoms with Gasteiger partial charge in [0.2, 0.25) is 5.91 Å². The molecule has 6 nitrogen and oxygen atoms in total. The second kappa shape index (κ2) is 6.89.